The number of carbonyl (C=O) groups is 2. The number of hydrogen-bond acceptors (Lipinski definition) is 3. The number of aryl methyl sites for hydroxylation is 1. The van der Waals surface area contributed by atoms with Gasteiger partial charge >= 0.3 is 6.03 Å². The Bertz CT molecular complexity index is 807. The van der Waals surface area contributed by atoms with E-state index in [0.717, 1.165) is 11.1 Å². The van der Waals surface area contributed by atoms with Gasteiger partial charge in [-0.05, 0) is 36.8 Å². The van der Waals surface area contributed by atoms with Crippen molar-refractivity contribution in [1.82, 2.24) is 4.90 Å². The molecule has 122 valence electrons. The minimum atomic E-state index is -0.399. The first kappa shape index (κ1) is 15.5. The second-order valence-corrected chi connectivity index (χ2v) is 7.50. The Morgan fingerprint density at radius 1 is 1.04 bits per heavy atom. The van der Waals surface area contributed by atoms with Crippen LogP contribution in [0.3, 0.4) is 0 Å². The first-order valence-electron chi connectivity index (χ1n) is 7.66. The highest BCUT2D eigenvalue weighted by molar-refractivity contribution is 7.99. The van der Waals surface area contributed by atoms with Gasteiger partial charge < -0.3 is 0 Å². The molecule has 0 saturated carbocycles. The average molecular weight is 359 g/mol. The lowest BCUT2D eigenvalue weighted by Gasteiger charge is -2.23. The minimum absolute atomic E-state index is 0.146. The molecule has 4 rings (SSSR count). The topological polar surface area (TPSA) is 40.6 Å². The summed E-state index contributed by atoms with van der Waals surface area (Å²) in [4.78, 5) is 28.7. The summed E-state index contributed by atoms with van der Waals surface area (Å²) in [5, 5.41) is 0.502. The standard InChI is InChI=1S/C18H15ClN2O2S/c1-11-2-8-14(9-3-11)20-16(22)15-10-24-17(21(15)18(20)23)12-4-6-13(19)7-5-12/h2-9,15,17H,10H2,1H3/t15-,17+/m1/s1. The third-order valence-electron chi connectivity index (χ3n) is 4.37. The van der Waals surface area contributed by atoms with Gasteiger partial charge in [0.15, 0.2) is 0 Å². The van der Waals surface area contributed by atoms with Gasteiger partial charge in [-0.1, -0.05) is 41.4 Å². The molecule has 2 saturated heterocycles. The summed E-state index contributed by atoms with van der Waals surface area (Å²) in [5.74, 6) is 0.466. The van der Waals surface area contributed by atoms with Crippen LogP contribution in [0.15, 0.2) is 48.5 Å². The highest BCUT2D eigenvalue weighted by Crippen LogP contribution is 2.46. The monoisotopic (exact) mass is 358 g/mol. The summed E-state index contributed by atoms with van der Waals surface area (Å²) in [7, 11) is 0. The van der Waals surface area contributed by atoms with Crippen LogP contribution in [0.4, 0.5) is 10.5 Å². The van der Waals surface area contributed by atoms with Gasteiger partial charge in [0, 0.05) is 10.8 Å². The maximum absolute atomic E-state index is 12.9. The molecule has 4 nitrogen and oxygen atoms in total. The second kappa shape index (κ2) is 5.83. The fourth-order valence-electron chi connectivity index (χ4n) is 3.10. The lowest BCUT2D eigenvalue weighted by Crippen LogP contribution is -2.33. The number of fused-ring (bicyclic) bond motifs is 1. The third kappa shape index (κ3) is 2.39. The summed E-state index contributed by atoms with van der Waals surface area (Å²) < 4.78 is 0. The molecule has 0 aromatic heterocycles. The van der Waals surface area contributed by atoms with Crippen LogP contribution in [-0.4, -0.2) is 28.6 Å². The number of carbonyl (C=O) groups excluding carboxylic acids is 2. The molecule has 2 aromatic rings. The molecule has 2 heterocycles. The molecule has 0 aliphatic carbocycles. The fourth-order valence-corrected chi connectivity index (χ4v) is 4.65. The van der Waals surface area contributed by atoms with Gasteiger partial charge in [0.05, 0.1) is 5.69 Å². The average Bonchev–Trinajstić information content (AvgIpc) is 3.11. The molecule has 2 aliphatic rings. The van der Waals surface area contributed by atoms with E-state index in [0.29, 0.717) is 16.5 Å². The third-order valence-corrected chi connectivity index (χ3v) is 5.94. The SMILES string of the molecule is Cc1ccc(N2C(=O)[C@H]3CS[C@@H](c4ccc(Cl)cc4)N3C2=O)cc1. The van der Waals surface area contributed by atoms with Gasteiger partial charge in [-0.3, -0.25) is 9.69 Å². The predicted molar refractivity (Wildman–Crippen MR) is 96.3 cm³/mol. The molecule has 0 spiro atoms. The van der Waals surface area contributed by atoms with Gasteiger partial charge in [-0.2, -0.15) is 0 Å². The maximum atomic E-state index is 12.9. The van der Waals surface area contributed by atoms with Crippen molar-refractivity contribution in [3.63, 3.8) is 0 Å². The molecular formula is C18H15ClN2O2S. The molecule has 2 aromatic carbocycles. The highest BCUT2D eigenvalue weighted by atomic mass is 35.5. The number of imide groups is 1. The first-order chi connectivity index (χ1) is 11.6. The number of thioether (sulfide) groups is 1. The quantitative estimate of drug-likeness (QED) is 0.754. The van der Waals surface area contributed by atoms with Crippen LogP contribution in [0.2, 0.25) is 5.02 Å². The normalized spacial score (nSPS) is 23.1. The second-order valence-electron chi connectivity index (χ2n) is 5.95. The van der Waals surface area contributed by atoms with Crippen LogP contribution in [0.1, 0.15) is 16.5 Å². The zero-order chi connectivity index (χ0) is 16.8. The van der Waals surface area contributed by atoms with Crippen molar-refractivity contribution in [3.8, 4) is 0 Å². The lowest BCUT2D eigenvalue weighted by atomic mass is 10.2. The molecule has 2 aliphatic heterocycles. The van der Waals surface area contributed by atoms with Crippen molar-refractivity contribution in [2.75, 3.05) is 10.7 Å². The predicted octanol–water partition coefficient (Wildman–Crippen LogP) is 4.23. The van der Waals surface area contributed by atoms with E-state index in [1.807, 2.05) is 55.5 Å². The maximum Gasteiger partial charge on any atom is 0.333 e. The molecule has 6 heteroatoms. The van der Waals surface area contributed by atoms with Crippen molar-refractivity contribution in [2.24, 2.45) is 0 Å². The van der Waals surface area contributed by atoms with E-state index in [1.165, 1.54) is 4.90 Å². The summed E-state index contributed by atoms with van der Waals surface area (Å²) in [5.41, 5.74) is 2.71. The van der Waals surface area contributed by atoms with E-state index < -0.39 is 6.04 Å². The largest absolute Gasteiger partial charge is 0.333 e. The van der Waals surface area contributed by atoms with Crippen molar-refractivity contribution in [1.29, 1.82) is 0 Å². The van der Waals surface area contributed by atoms with Gasteiger partial charge in [0.2, 0.25) is 0 Å². The van der Waals surface area contributed by atoms with Gasteiger partial charge in [0.25, 0.3) is 5.91 Å². The Morgan fingerprint density at radius 2 is 1.71 bits per heavy atom. The van der Waals surface area contributed by atoms with Crippen LogP contribution in [0, 0.1) is 6.92 Å². The molecule has 2 atom stereocenters. The van der Waals surface area contributed by atoms with Crippen LogP contribution in [0.25, 0.3) is 0 Å². The van der Waals surface area contributed by atoms with E-state index in [9.17, 15) is 9.59 Å². The van der Waals surface area contributed by atoms with E-state index in [4.69, 9.17) is 11.6 Å². The Morgan fingerprint density at radius 3 is 2.38 bits per heavy atom. The Labute approximate surface area is 149 Å². The highest BCUT2D eigenvalue weighted by Gasteiger charge is 2.53. The number of rotatable bonds is 2. The van der Waals surface area contributed by atoms with Crippen molar-refractivity contribution in [3.05, 3.63) is 64.7 Å². The molecule has 0 radical (unpaired) electrons. The Balaban J connectivity index is 1.67. The van der Waals surface area contributed by atoms with Crippen LogP contribution in [-0.2, 0) is 4.79 Å². The number of amides is 3. The van der Waals surface area contributed by atoms with Crippen molar-refractivity contribution < 1.29 is 9.59 Å². The summed E-state index contributed by atoms with van der Waals surface area (Å²) in [6, 6.07) is 14.2. The fraction of sp³-hybridized carbons (Fsp3) is 0.222. The number of urea groups is 1. The molecule has 0 unspecified atom stereocenters. The molecule has 24 heavy (non-hydrogen) atoms. The van der Waals surface area contributed by atoms with Crippen LogP contribution < -0.4 is 4.90 Å². The Hall–Kier alpha value is -1.98. The summed E-state index contributed by atoms with van der Waals surface area (Å²) in [6.45, 7) is 1.98. The van der Waals surface area contributed by atoms with Gasteiger partial charge in [-0.25, -0.2) is 9.69 Å². The smallest absolute Gasteiger partial charge is 0.295 e. The molecule has 3 amide bonds. The summed E-state index contributed by atoms with van der Waals surface area (Å²) in [6.07, 6.45) is 0. The number of nitrogens with zero attached hydrogens (tertiary/aromatic N) is 2. The summed E-state index contributed by atoms with van der Waals surface area (Å²) >= 11 is 7.56. The first-order valence-corrected chi connectivity index (χ1v) is 9.09. The van der Waals surface area contributed by atoms with E-state index in [1.54, 1.807) is 16.7 Å². The molecule has 2 fully saturated rings. The Kier molecular flexibility index (Phi) is 3.77. The van der Waals surface area contributed by atoms with E-state index in [2.05, 4.69) is 0 Å². The zero-order valence-corrected chi connectivity index (χ0v) is 14.6. The number of benzene rings is 2. The van der Waals surface area contributed by atoms with Crippen molar-refractivity contribution in [2.45, 2.75) is 18.3 Å². The van der Waals surface area contributed by atoms with Gasteiger partial charge in [0.1, 0.15) is 11.4 Å². The number of anilines is 1. The molecular weight excluding hydrogens is 344 g/mol. The van der Waals surface area contributed by atoms with E-state index in [-0.39, 0.29) is 17.3 Å². The number of halogens is 1. The van der Waals surface area contributed by atoms with Crippen LogP contribution >= 0.6 is 23.4 Å². The molecule has 0 bridgehead atoms. The number of hydrogen-bond donors (Lipinski definition) is 0. The minimum Gasteiger partial charge on any atom is -0.295 e. The molecule has 0 N–H and O–H groups in total. The zero-order valence-electron chi connectivity index (χ0n) is 13.0. The van der Waals surface area contributed by atoms with E-state index >= 15 is 0 Å². The van der Waals surface area contributed by atoms with Crippen LogP contribution in [0.5, 0.6) is 0 Å². The van der Waals surface area contributed by atoms with Crippen molar-refractivity contribution >= 4 is 41.0 Å². The van der Waals surface area contributed by atoms with Gasteiger partial charge in [-0.15, -0.1) is 11.8 Å². The lowest BCUT2D eigenvalue weighted by molar-refractivity contribution is -0.119.